The third-order valence-electron chi connectivity index (χ3n) is 2.60. The number of carbonyl (C=O) groups is 2. The van der Waals surface area contributed by atoms with Crippen LogP contribution in [0.5, 0.6) is 0 Å². The van der Waals surface area contributed by atoms with Gasteiger partial charge in [0.2, 0.25) is 5.91 Å². The zero-order valence-electron chi connectivity index (χ0n) is 8.77. The van der Waals surface area contributed by atoms with E-state index >= 15 is 0 Å². The van der Waals surface area contributed by atoms with Crippen molar-refractivity contribution in [2.24, 2.45) is 0 Å². The lowest BCUT2D eigenvalue weighted by molar-refractivity contribution is -0.124. The number of benzene rings is 1. The molecular weight excluding hydrogens is 206 g/mol. The second-order valence-corrected chi connectivity index (χ2v) is 3.65. The number of imide groups is 1. The summed E-state index contributed by atoms with van der Waals surface area (Å²) in [5.41, 5.74) is 7.41. The second kappa shape index (κ2) is 4.22. The highest BCUT2D eigenvalue weighted by atomic mass is 16.2. The number of rotatable bonds is 3. The molecule has 2 rings (SSSR count). The Morgan fingerprint density at radius 2 is 2.06 bits per heavy atom. The van der Waals surface area contributed by atoms with Crippen LogP contribution in [0.4, 0.5) is 10.5 Å². The molecule has 1 aliphatic heterocycles. The Morgan fingerprint density at radius 3 is 2.69 bits per heavy atom. The standard InChI is InChI=1S/C11H13N3O2/c12-9-4-2-1-3-8(9)5-6-14-10(15)7-13-11(14)16/h1-4H,5-7,12H2,(H,13,16). The van der Waals surface area contributed by atoms with E-state index in [1.807, 2.05) is 18.2 Å². The SMILES string of the molecule is Nc1ccccc1CCN1C(=O)CNC1=O. The van der Waals surface area contributed by atoms with Crippen LogP contribution in [0, 0.1) is 0 Å². The molecule has 5 nitrogen and oxygen atoms in total. The van der Waals surface area contributed by atoms with Crippen molar-refractivity contribution in [1.29, 1.82) is 0 Å². The van der Waals surface area contributed by atoms with Crippen molar-refractivity contribution in [1.82, 2.24) is 10.2 Å². The fourth-order valence-electron chi connectivity index (χ4n) is 1.68. The molecule has 3 N–H and O–H groups in total. The van der Waals surface area contributed by atoms with Crippen LogP contribution in [0.25, 0.3) is 0 Å². The first-order valence-corrected chi connectivity index (χ1v) is 5.10. The molecule has 0 saturated carbocycles. The number of hydrogen-bond donors (Lipinski definition) is 2. The van der Waals surface area contributed by atoms with Gasteiger partial charge >= 0.3 is 6.03 Å². The Hall–Kier alpha value is -2.04. The van der Waals surface area contributed by atoms with E-state index in [9.17, 15) is 9.59 Å². The third-order valence-corrected chi connectivity index (χ3v) is 2.60. The summed E-state index contributed by atoms with van der Waals surface area (Å²) in [4.78, 5) is 23.8. The summed E-state index contributed by atoms with van der Waals surface area (Å²) in [5, 5.41) is 2.48. The van der Waals surface area contributed by atoms with Gasteiger partial charge in [-0.15, -0.1) is 0 Å². The average molecular weight is 219 g/mol. The maximum Gasteiger partial charge on any atom is 0.324 e. The van der Waals surface area contributed by atoms with Crippen molar-refractivity contribution in [3.05, 3.63) is 29.8 Å². The molecule has 5 heteroatoms. The number of anilines is 1. The molecule has 1 heterocycles. The summed E-state index contributed by atoms with van der Waals surface area (Å²) in [6.45, 7) is 0.474. The van der Waals surface area contributed by atoms with E-state index in [4.69, 9.17) is 5.73 Å². The maximum atomic E-state index is 11.3. The van der Waals surface area contributed by atoms with E-state index in [0.29, 0.717) is 18.7 Å². The Labute approximate surface area is 93.2 Å². The number of hydrogen-bond acceptors (Lipinski definition) is 3. The van der Waals surface area contributed by atoms with Gasteiger partial charge in [-0.1, -0.05) is 18.2 Å². The van der Waals surface area contributed by atoms with Gasteiger partial charge < -0.3 is 11.1 Å². The lowest BCUT2D eigenvalue weighted by Gasteiger charge is -2.12. The lowest BCUT2D eigenvalue weighted by atomic mass is 10.1. The van der Waals surface area contributed by atoms with Crippen molar-refractivity contribution >= 4 is 17.6 Å². The molecule has 0 atom stereocenters. The number of nitrogens with two attached hydrogens (primary N) is 1. The summed E-state index contributed by atoms with van der Waals surface area (Å²) >= 11 is 0. The predicted molar refractivity (Wildman–Crippen MR) is 59.7 cm³/mol. The van der Waals surface area contributed by atoms with Gasteiger partial charge in [0, 0.05) is 12.2 Å². The van der Waals surface area contributed by atoms with Crippen LogP contribution in [0.15, 0.2) is 24.3 Å². The number of nitrogens with zero attached hydrogens (tertiary/aromatic N) is 1. The van der Waals surface area contributed by atoms with E-state index in [0.717, 1.165) is 5.56 Å². The third kappa shape index (κ3) is 1.98. The van der Waals surface area contributed by atoms with E-state index in [1.165, 1.54) is 4.90 Å². The van der Waals surface area contributed by atoms with Crippen molar-refractivity contribution in [2.45, 2.75) is 6.42 Å². The molecule has 3 amide bonds. The minimum atomic E-state index is -0.320. The quantitative estimate of drug-likeness (QED) is 0.569. The monoisotopic (exact) mass is 219 g/mol. The van der Waals surface area contributed by atoms with Gasteiger partial charge in [0.05, 0.1) is 6.54 Å². The van der Waals surface area contributed by atoms with Crippen LogP contribution in [-0.2, 0) is 11.2 Å². The van der Waals surface area contributed by atoms with Gasteiger partial charge in [-0.3, -0.25) is 9.69 Å². The minimum Gasteiger partial charge on any atom is -0.399 e. The summed E-state index contributed by atoms with van der Waals surface area (Å²) in [7, 11) is 0. The van der Waals surface area contributed by atoms with Crippen LogP contribution >= 0.6 is 0 Å². The fraction of sp³-hybridized carbons (Fsp3) is 0.273. The molecule has 0 radical (unpaired) electrons. The molecule has 0 aliphatic carbocycles. The highest BCUT2D eigenvalue weighted by Gasteiger charge is 2.27. The van der Waals surface area contributed by atoms with Crippen molar-refractivity contribution < 1.29 is 9.59 Å². The van der Waals surface area contributed by atoms with Crippen LogP contribution in [-0.4, -0.2) is 29.9 Å². The van der Waals surface area contributed by atoms with Gasteiger partial charge in [0.15, 0.2) is 0 Å². The van der Waals surface area contributed by atoms with E-state index in [1.54, 1.807) is 6.07 Å². The number of para-hydroxylation sites is 1. The van der Waals surface area contributed by atoms with Crippen LogP contribution in [0.3, 0.4) is 0 Å². The summed E-state index contributed by atoms with van der Waals surface area (Å²) in [5.74, 6) is -0.181. The Bertz CT molecular complexity index is 415. The number of carbonyl (C=O) groups excluding carboxylic acids is 2. The van der Waals surface area contributed by atoms with Crippen molar-refractivity contribution in [3.8, 4) is 0 Å². The van der Waals surface area contributed by atoms with E-state index in [-0.39, 0.29) is 18.5 Å². The molecule has 0 unspecified atom stereocenters. The van der Waals surface area contributed by atoms with E-state index < -0.39 is 0 Å². The maximum absolute atomic E-state index is 11.3. The Morgan fingerprint density at radius 1 is 1.31 bits per heavy atom. The number of nitrogen functional groups attached to an aromatic ring is 1. The molecular formula is C11H13N3O2. The highest BCUT2D eigenvalue weighted by Crippen LogP contribution is 2.12. The molecule has 1 aromatic carbocycles. The molecule has 0 spiro atoms. The van der Waals surface area contributed by atoms with E-state index in [2.05, 4.69) is 5.32 Å². The zero-order valence-corrected chi connectivity index (χ0v) is 8.77. The average Bonchev–Trinajstić information content (AvgIpc) is 2.58. The smallest absolute Gasteiger partial charge is 0.324 e. The first kappa shape index (κ1) is 10.5. The van der Waals surface area contributed by atoms with Gasteiger partial charge in [-0.05, 0) is 18.1 Å². The number of amides is 3. The predicted octanol–water partition coefficient (Wildman–Crippen LogP) is 0.363. The molecule has 1 saturated heterocycles. The molecule has 1 aromatic rings. The Kier molecular flexibility index (Phi) is 2.76. The minimum absolute atomic E-state index is 0.100. The van der Waals surface area contributed by atoms with Crippen molar-refractivity contribution in [3.63, 3.8) is 0 Å². The topological polar surface area (TPSA) is 75.4 Å². The van der Waals surface area contributed by atoms with Gasteiger partial charge in [-0.25, -0.2) is 4.79 Å². The summed E-state index contributed by atoms with van der Waals surface area (Å²) in [6, 6.07) is 7.12. The summed E-state index contributed by atoms with van der Waals surface area (Å²) in [6.07, 6.45) is 0.589. The molecule has 0 aromatic heterocycles. The van der Waals surface area contributed by atoms with Crippen LogP contribution in [0.1, 0.15) is 5.56 Å². The largest absolute Gasteiger partial charge is 0.399 e. The molecule has 0 bridgehead atoms. The molecule has 84 valence electrons. The first-order chi connectivity index (χ1) is 7.68. The van der Waals surface area contributed by atoms with Gasteiger partial charge in [-0.2, -0.15) is 0 Å². The van der Waals surface area contributed by atoms with Crippen LogP contribution < -0.4 is 11.1 Å². The molecule has 16 heavy (non-hydrogen) atoms. The Balaban J connectivity index is 2.00. The molecule has 1 fully saturated rings. The zero-order chi connectivity index (χ0) is 11.5. The second-order valence-electron chi connectivity index (χ2n) is 3.65. The summed E-state index contributed by atoms with van der Waals surface area (Å²) < 4.78 is 0. The van der Waals surface area contributed by atoms with Gasteiger partial charge in [0.25, 0.3) is 0 Å². The highest BCUT2D eigenvalue weighted by molar-refractivity contribution is 6.01. The first-order valence-electron chi connectivity index (χ1n) is 5.10. The van der Waals surface area contributed by atoms with Crippen LogP contribution in [0.2, 0.25) is 0 Å². The molecule has 1 aliphatic rings. The number of urea groups is 1. The fourth-order valence-corrected chi connectivity index (χ4v) is 1.68. The number of nitrogens with one attached hydrogen (secondary N) is 1. The van der Waals surface area contributed by atoms with Gasteiger partial charge in [0.1, 0.15) is 0 Å². The normalized spacial score (nSPS) is 15.4. The van der Waals surface area contributed by atoms with Crippen molar-refractivity contribution in [2.75, 3.05) is 18.8 Å². The lowest BCUT2D eigenvalue weighted by Crippen LogP contribution is -2.32.